The summed E-state index contributed by atoms with van der Waals surface area (Å²) >= 11 is 0. The number of pyridine rings is 2. The van der Waals surface area contributed by atoms with Crippen LogP contribution in [0.3, 0.4) is 0 Å². The molecular formula is C31H25F2N5O5. The molecule has 0 bridgehead atoms. The fourth-order valence-electron chi connectivity index (χ4n) is 4.43. The molecule has 0 aliphatic carbocycles. The van der Waals surface area contributed by atoms with Gasteiger partial charge in [0, 0.05) is 40.6 Å². The number of carbonyl (C=O) groups is 2. The van der Waals surface area contributed by atoms with E-state index in [4.69, 9.17) is 5.11 Å². The molecule has 5 aromatic rings. The minimum absolute atomic E-state index is 0.0440. The number of H-pyrrole nitrogens is 1. The van der Waals surface area contributed by atoms with Crippen LogP contribution in [0.15, 0.2) is 89.9 Å². The summed E-state index contributed by atoms with van der Waals surface area (Å²) < 4.78 is 26.8. The lowest BCUT2D eigenvalue weighted by Gasteiger charge is -2.17. The Labute approximate surface area is 243 Å². The minimum Gasteiger partial charge on any atom is -0.394 e. The molecule has 6 N–H and O–H groups in total. The molecule has 3 aromatic carbocycles. The van der Waals surface area contributed by atoms with Crippen LogP contribution < -0.4 is 21.5 Å². The third-order valence-corrected chi connectivity index (χ3v) is 6.51. The van der Waals surface area contributed by atoms with Gasteiger partial charge in [0.05, 0.1) is 18.4 Å². The molecule has 0 saturated carbocycles. The van der Waals surface area contributed by atoms with E-state index in [1.165, 1.54) is 12.3 Å². The molecule has 43 heavy (non-hydrogen) atoms. The van der Waals surface area contributed by atoms with E-state index in [1.54, 1.807) is 60.7 Å². The number of hydrogen-bond acceptors (Lipinski definition) is 7. The third kappa shape index (κ3) is 6.40. The predicted octanol–water partition coefficient (Wildman–Crippen LogP) is 3.95. The molecule has 10 nitrogen and oxygen atoms in total. The highest BCUT2D eigenvalue weighted by Gasteiger charge is 2.23. The van der Waals surface area contributed by atoms with Gasteiger partial charge in [-0.3, -0.25) is 14.4 Å². The third-order valence-electron chi connectivity index (χ3n) is 6.51. The zero-order valence-corrected chi connectivity index (χ0v) is 22.4. The summed E-state index contributed by atoms with van der Waals surface area (Å²) in [6.45, 7) is -0.830. The van der Waals surface area contributed by atoms with E-state index in [1.807, 2.05) is 0 Å². The Bertz CT molecular complexity index is 1860. The van der Waals surface area contributed by atoms with Gasteiger partial charge in [0.1, 0.15) is 11.2 Å². The van der Waals surface area contributed by atoms with Gasteiger partial charge >= 0.3 is 0 Å². The molecule has 2 heterocycles. The number of anilines is 3. The lowest BCUT2D eigenvalue weighted by Crippen LogP contribution is -2.37. The zero-order valence-electron chi connectivity index (χ0n) is 22.4. The number of nitrogens with zero attached hydrogens (tertiary/aromatic N) is 1. The highest BCUT2D eigenvalue weighted by atomic mass is 19.2. The van der Waals surface area contributed by atoms with Crippen LogP contribution in [0.1, 0.15) is 20.7 Å². The van der Waals surface area contributed by atoms with Crippen LogP contribution in [0.4, 0.5) is 25.8 Å². The first kappa shape index (κ1) is 29.0. The lowest BCUT2D eigenvalue weighted by atomic mass is 9.96. The lowest BCUT2D eigenvalue weighted by molar-refractivity contribution is 0.0801. The van der Waals surface area contributed by atoms with Crippen molar-refractivity contribution in [3.63, 3.8) is 0 Å². The van der Waals surface area contributed by atoms with Crippen LogP contribution >= 0.6 is 0 Å². The van der Waals surface area contributed by atoms with E-state index in [2.05, 4.69) is 25.9 Å². The largest absolute Gasteiger partial charge is 0.394 e. The Morgan fingerprint density at radius 2 is 1.63 bits per heavy atom. The number of carbonyl (C=O) groups excluding carboxylic acids is 2. The van der Waals surface area contributed by atoms with Gasteiger partial charge in [-0.1, -0.05) is 30.3 Å². The standard InChI is InChI=1S/C31H25F2N5O5/c32-22-11-6-18(14-23(22)33)29(41)37-20-9-7-19(8-10-20)36-24-12-13-34-28-26(24)25(17-4-2-1-3-5-17)27(31(43)38-28)30(42)35-15-21(40)16-39/h1-14,21,39-40H,15-16H2,(H,35,42)(H,37,41)(H2,34,36,38,43)/t21-/m0/s1. The van der Waals surface area contributed by atoms with E-state index in [-0.39, 0.29) is 23.3 Å². The average Bonchev–Trinajstić information content (AvgIpc) is 3.01. The van der Waals surface area contributed by atoms with Gasteiger partial charge < -0.3 is 31.1 Å². The van der Waals surface area contributed by atoms with Crippen LogP contribution in [0.2, 0.25) is 0 Å². The number of aromatic nitrogens is 2. The molecule has 0 spiro atoms. The summed E-state index contributed by atoms with van der Waals surface area (Å²) in [5, 5.41) is 27.6. The second-order valence-corrected chi connectivity index (χ2v) is 9.48. The van der Waals surface area contributed by atoms with E-state index < -0.39 is 41.7 Å². The highest BCUT2D eigenvalue weighted by Crippen LogP contribution is 2.35. The molecule has 0 aliphatic heterocycles. The SMILES string of the molecule is O=C(Nc1ccc(Nc2ccnc3[nH]c(=O)c(C(=O)NC[C@H](O)CO)c(-c4ccccc4)c23)cc1)c1ccc(F)c(F)c1. The van der Waals surface area contributed by atoms with Crippen LogP contribution in [-0.4, -0.2) is 51.3 Å². The van der Waals surface area contributed by atoms with Crippen molar-refractivity contribution in [1.29, 1.82) is 0 Å². The van der Waals surface area contributed by atoms with Gasteiger partial charge in [0.25, 0.3) is 17.4 Å². The molecule has 5 rings (SSSR count). The number of nitrogens with one attached hydrogen (secondary N) is 4. The molecule has 0 fully saturated rings. The first-order chi connectivity index (χ1) is 20.7. The molecule has 1 atom stereocenters. The first-order valence-corrected chi connectivity index (χ1v) is 13.1. The maximum absolute atomic E-state index is 13.5. The predicted molar refractivity (Wildman–Crippen MR) is 157 cm³/mol. The Morgan fingerprint density at radius 3 is 2.33 bits per heavy atom. The van der Waals surface area contributed by atoms with E-state index in [9.17, 15) is 28.3 Å². The number of rotatable bonds is 9. The normalized spacial score (nSPS) is 11.6. The van der Waals surface area contributed by atoms with E-state index in [0.29, 0.717) is 33.6 Å². The average molecular weight is 586 g/mol. The zero-order chi connectivity index (χ0) is 30.5. The maximum atomic E-state index is 13.5. The number of halogens is 2. The van der Waals surface area contributed by atoms with Gasteiger partial charge in [-0.2, -0.15) is 0 Å². The van der Waals surface area contributed by atoms with Crippen molar-refractivity contribution in [3.05, 3.63) is 118 Å². The Morgan fingerprint density at radius 1 is 0.907 bits per heavy atom. The number of aromatic amines is 1. The topological polar surface area (TPSA) is 156 Å². The molecule has 12 heteroatoms. The summed E-state index contributed by atoms with van der Waals surface area (Å²) in [7, 11) is 0. The summed E-state index contributed by atoms with van der Waals surface area (Å²) in [6.07, 6.45) is 0.288. The first-order valence-electron chi connectivity index (χ1n) is 13.1. The Hall–Kier alpha value is -5.46. The number of hydrogen-bond donors (Lipinski definition) is 6. The van der Waals surface area contributed by atoms with Gasteiger partial charge in [0.2, 0.25) is 0 Å². The van der Waals surface area contributed by atoms with Crippen LogP contribution in [0, 0.1) is 11.6 Å². The Balaban J connectivity index is 1.50. The van der Waals surface area contributed by atoms with Crippen LogP contribution in [0.5, 0.6) is 0 Å². The highest BCUT2D eigenvalue weighted by molar-refractivity contribution is 6.12. The molecule has 2 amide bonds. The Kier molecular flexibility index (Phi) is 8.51. The summed E-state index contributed by atoms with van der Waals surface area (Å²) in [6, 6.07) is 19.9. The molecule has 0 aliphatic rings. The number of benzene rings is 3. The fraction of sp³-hybridized carbons (Fsp3) is 0.0968. The molecular weight excluding hydrogens is 560 g/mol. The van der Waals surface area contributed by atoms with Crippen molar-refractivity contribution < 1.29 is 28.6 Å². The van der Waals surface area contributed by atoms with Gasteiger partial charge in [0.15, 0.2) is 11.6 Å². The van der Waals surface area contributed by atoms with E-state index >= 15 is 0 Å². The molecule has 0 radical (unpaired) electrons. The maximum Gasteiger partial charge on any atom is 0.263 e. The van der Waals surface area contributed by atoms with Crippen molar-refractivity contribution in [2.75, 3.05) is 23.8 Å². The van der Waals surface area contributed by atoms with Gasteiger partial charge in [-0.25, -0.2) is 13.8 Å². The number of fused-ring (bicyclic) bond motifs is 1. The van der Waals surface area contributed by atoms with Crippen LogP contribution in [-0.2, 0) is 0 Å². The van der Waals surface area contributed by atoms with Crippen LogP contribution in [0.25, 0.3) is 22.2 Å². The van der Waals surface area contributed by atoms with Crippen molar-refractivity contribution in [3.8, 4) is 11.1 Å². The second kappa shape index (κ2) is 12.6. The molecule has 2 aromatic heterocycles. The number of aliphatic hydroxyl groups excluding tert-OH is 2. The smallest absolute Gasteiger partial charge is 0.263 e. The number of amides is 2. The van der Waals surface area contributed by atoms with E-state index in [0.717, 1.165) is 12.1 Å². The molecule has 218 valence electrons. The van der Waals surface area contributed by atoms with Gasteiger partial charge in [-0.15, -0.1) is 0 Å². The summed E-state index contributed by atoms with van der Waals surface area (Å²) in [4.78, 5) is 45.8. The summed E-state index contributed by atoms with van der Waals surface area (Å²) in [5.41, 5.74) is 1.65. The molecule has 0 saturated heterocycles. The van der Waals surface area contributed by atoms with Crippen molar-refractivity contribution in [1.82, 2.24) is 15.3 Å². The van der Waals surface area contributed by atoms with Crippen molar-refractivity contribution in [2.45, 2.75) is 6.10 Å². The second-order valence-electron chi connectivity index (χ2n) is 9.48. The number of aliphatic hydroxyl groups is 2. The molecule has 0 unspecified atom stereocenters. The monoisotopic (exact) mass is 585 g/mol. The van der Waals surface area contributed by atoms with Crippen molar-refractivity contribution >= 4 is 39.9 Å². The minimum atomic E-state index is -1.20. The fourth-order valence-corrected chi connectivity index (χ4v) is 4.43. The quantitative estimate of drug-likeness (QED) is 0.153. The summed E-state index contributed by atoms with van der Waals surface area (Å²) in [5.74, 6) is -3.54. The van der Waals surface area contributed by atoms with Crippen molar-refractivity contribution in [2.24, 2.45) is 0 Å². The van der Waals surface area contributed by atoms with Gasteiger partial charge in [-0.05, 0) is 54.1 Å².